The molecule has 22 heavy (non-hydrogen) atoms. The highest BCUT2D eigenvalue weighted by Crippen LogP contribution is 2.32. The number of imidazole rings is 1. The van der Waals surface area contributed by atoms with Gasteiger partial charge in [0, 0.05) is 5.56 Å². The molecule has 1 aromatic heterocycles. The summed E-state index contributed by atoms with van der Waals surface area (Å²) in [6.07, 6.45) is -4.36. The van der Waals surface area contributed by atoms with Crippen LogP contribution in [-0.4, -0.2) is 9.97 Å². The Labute approximate surface area is 125 Å². The average Bonchev–Trinajstić information content (AvgIpc) is 2.89. The van der Waals surface area contributed by atoms with Crippen LogP contribution in [0.15, 0.2) is 54.6 Å². The molecule has 0 bridgehead atoms. The van der Waals surface area contributed by atoms with Crippen LogP contribution in [0.4, 0.5) is 13.2 Å². The lowest BCUT2D eigenvalue weighted by molar-refractivity contribution is -0.137. The summed E-state index contributed by atoms with van der Waals surface area (Å²) in [6.45, 7) is 1.83. The van der Waals surface area contributed by atoms with Gasteiger partial charge >= 0.3 is 6.18 Å². The molecule has 3 rings (SSSR count). The molecule has 2 aromatic carbocycles. The van der Waals surface area contributed by atoms with Crippen LogP contribution >= 0.6 is 0 Å². The van der Waals surface area contributed by atoms with Crippen molar-refractivity contribution in [2.45, 2.75) is 13.1 Å². The molecule has 3 aromatic rings. The van der Waals surface area contributed by atoms with E-state index in [1.165, 1.54) is 6.07 Å². The number of aromatic nitrogens is 2. The predicted octanol–water partition coefficient (Wildman–Crippen LogP) is 5.07. The Hall–Kier alpha value is -2.56. The summed E-state index contributed by atoms with van der Waals surface area (Å²) in [5.41, 5.74) is 2.25. The lowest BCUT2D eigenvalue weighted by Crippen LogP contribution is -2.04. The number of hydrogen-bond acceptors (Lipinski definition) is 1. The minimum atomic E-state index is -4.36. The van der Waals surface area contributed by atoms with E-state index in [0.29, 0.717) is 11.4 Å². The zero-order valence-corrected chi connectivity index (χ0v) is 11.8. The monoisotopic (exact) mass is 302 g/mol. The third-order valence-corrected chi connectivity index (χ3v) is 3.41. The first kappa shape index (κ1) is 14.4. The van der Waals surface area contributed by atoms with Gasteiger partial charge in [0.15, 0.2) is 0 Å². The van der Waals surface area contributed by atoms with Crippen molar-refractivity contribution in [3.05, 3.63) is 65.9 Å². The Morgan fingerprint density at radius 1 is 0.909 bits per heavy atom. The molecule has 0 radical (unpaired) electrons. The van der Waals surface area contributed by atoms with Gasteiger partial charge in [0.05, 0.1) is 17.0 Å². The summed E-state index contributed by atoms with van der Waals surface area (Å²) in [4.78, 5) is 7.47. The molecule has 0 fully saturated rings. The van der Waals surface area contributed by atoms with Crippen LogP contribution in [0.1, 0.15) is 11.3 Å². The fourth-order valence-electron chi connectivity index (χ4n) is 2.33. The van der Waals surface area contributed by atoms with Gasteiger partial charge in [-0.2, -0.15) is 13.2 Å². The summed E-state index contributed by atoms with van der Waals surface area (Å²) in [5, 5.41) is 0. The summed E-state index contributed by atoms with van der Waals surface area (Å²) >= 11 is 0. The van der Waals surface area contributed by atoms with Gasteiger partial charge in [0.2, 0.25) is 0 Å². The summed E-state index contributed by atoms with van der Waals surface area (Å²) in [7, 11) is 0. The van der Waals surface area contributed by atoms with E-state index in [1.54, 1.807) is 6.07 Å². The molecule has 0 saturated heterocycles. The summed E-state index contributed by atoms with van der Waals surface area (Å²) in [6, 6.07) is 14.7. The average molecular weight is 302 g/mol. The first-order valence-electron chi connectivity index (χ1n) is 6.75. The first-order valence-corrected chi connectivity index (χ1v) is 6.75. The van der Waals surface area contributed by atoms with Crippen molar-refractivity contribution in [3.8, 4) is 22.6 Å². The Morgan fingerprint density at radius 3 is 2.27 bits per heavy atom. The molecule has 1 N–H and O–H groups in total. The van der Waals surface area contributed by atoms with Crippen LogP contribution in [0.2, 0.25) is 0 Å². The molecular weight excluding hydrogens is 289 g/mol. The van der Waals surface area contributed by atoms with E-state index in [0.717, 1.165) is 29.1 Å². The maximum atomic E-state index is 12.8. The first-order chi connectivity index (χ1) is 10.4. The Bertz CT molecular complexity index is 789. The van der Waals surface area contributed by atoms with Gasteiger partial charge in [-0.3, -0.25) is 0 Å². The number of nitrogens with zero attached hydrogens (tertiary/aromatic N) is 1. The van der Waals surface area contributed by atoms with E-state index in [9.17, 15) is 13.2 Å². The smallest absolute Gasteiger partial charge is 0.338 e. The molecule has 0 aliphatic rings. The van der Waals surface area contributed by atoms with Crippen molar-refractivity contribution < 1.29 is 13.2 Å². The van der Waals surface area contributed by atoms with Gasteiger partial charge in [0.25, 0.3) is 0 Å². The third kappa shape index (κ3) is 2.74. The topological polar surface area (TPSA) is 28.7 Å². The SMILES string of the molecule is Cc1nc(-c2cccc(C(F)(F)F)c2)[nH]c1-c1ccccc1. The zero-order valence-electron chi connectivity index (χ0n) is 11.8. The van der Waals surface area contributed by atoms with Crippen LogP contribution in [0.3, 0.4) is 0 Å². The Morgan fingerprint density at radius 2 is 1.59 bits per heavy atom. The van der Waals surface area contributed by atoms with Gasteiger partial charge in [0.1, 0.15) is 5.82 Å². The lowest BCUT2D eigenvalue weighted by atomic mass is 10.1. The van der Waals surface area contributed by atoms with Crippen molar-refractivity contribution in [2.75, 3.05) is 0 Å². The van der Waals surface area contributed by atoms with E-state index in [2.05, 4.69) is 9.97 Å². The minimum absolute atomic E-state index is 0.417. The van der Waals surface area contributed by atoms with Crippen LogP contribution in [0.5, 0.6) is 0 Å². The highest BCUT2D eigenvalue weighted by atomic mass is 19.4. The van der Waals surface area contributed by atoms with E-state index in [4.69, 9.17) is 0 Å². The second-order valence-electron chi connectivity index (χ2n) is 4.99. The number of H-pyrrole nitrogens is 1. The van der Waals surface area contributed by atoms with E-state index < -0.39 is 11.7 Å². The number of hydrogen-bond donors (Lipinski definition) is 1. The van der Waals surface area contributed by atoms with Gasteiger partial charge in [-0.1, -0.05) is 42.5 Å². The van der Waals surface area contributed by atoms with Crippen LogP contribution < -0.4 is 0 Å². The third-order valence-electron chi connectivity index (χ3n) is 3.41. The maximum absolute atomic E-state index is 12.8. The van der Waals surface area contributed by atoms with E-state index >= 15 is 0 Å². The van der Waals surface area contributed by atoms with Crippen molar-refractivity contribution >= 4 is 0 Å². The molecule has 0 atom stereocenters. The highest BCUT2D eigenvalue weighted by Gasteiger charge is 2.30. The number of alkyl halides is 3. The lowest BCUT2D eigenvalue weighted by Gasteiger charge is -2.07. The van der Waals surface area contributed by atoms with Gasteiger partial charge in [-0.15, -0.1) is 0 Å². The molecule has 0 saturated carbocycles. The van der Waals surface area contributed by atoms with Crippen molar-refractivity contribution in [1.29, 1.82) is 0 Å². The number of benzene rings is 2. The standard InChI is InChI=1S/C17H13F3N2/c1-11-15(12-6-3-2-4-7-12)22-16(21-11)13-8-5-9-14(10-13)17(18,19)20/h2-10H,1H3,(H,21,22). The molecule has 0 aliphatic heterocycles. The number of aromatic amines is 1. The van der Waals surface area contributed by atoms with Gasteiger partial charge < -0.3 is 4.98 Å². The molecule has 5 heteroatoms. The number of halogens is 3. The predicted molar refractivity (Wildman–Crippen MR) is 79.2 cm³/mol. The number of nitrogens with one attached hydrogen (secondary N) is 1. The van der Waals surface area contributed by atoms with Gasteiger partial charge in [-0.25, -0.2) is 4.98 Å². The molecule has 2 nitrogen and oxygen atoms in total. The zero-order chi connectivity index (χ0) is 15.7. The number of aryl methyl sites for hydroxylation is 1. The van der Waals surface area contributed by atoms with Crippen LogP contribution in [0, 0.1) is 6.92 Å². The number of rotatable bonds is 2. The Kier molecular flexibility index (Phi) is 3.48. The van der Waals surface area contributed by atoms with E-state index in [-0.39, 0.29) is 0 Å². The van der Waals surface area contributed by atoms with Crippen LogP contribution in [-0.2, 0) is 6.18 Å². The molecule has 112 valence electrons. The quantitative estimate of drug-likeness (QED) is 0.703. The van der Waals surface area contributed by atoms with Crippen molar-refractivity contribution in [2.24, 2.45) is 0 Å². The second-order valence-corrected chi connectivity index (χ2v) is 4.99. The molecule has 0 unspecified atom stereocenters. The molecular formula is C17H13F3N2. The largest absolute Gasteiger partial charge is 0.416 e. The highest BCUT2D eigenvalue weighted by molar-refractivity contribution is 5.67. The molecule has 0 spiro atoms. The fourth-order valence-corrected chi connectivity index (χ4v) is 2.33. The van der Waals surface area contributed by atoms with Crippen molar-refractivity contribution in [3.63, 3.8) is 0 Å². The van der Waals surface area contributed by atoms with E-state index in [1.807, 2.05) is 37.3 Å². The second kappa shape index (κ2) is 5.33. The summed E-state index contributed by atoms with van der Waals surface area (Å²) < 4.78 is 38.4. The van der Waals surface area contributed by atoms with Gasteiger partial charge in [-0.05, 0) is 24.6 Å². The van der Waals surface area contributed by atoms with Crippen LogP contribution in [0.25, 0.3) is 22.6 Å². The van der Waals surface area contributed by atoms with Crippen molar-refractivity contribution in [1.82, 2.24) is 9.97 Å². The molecule has 0 amide bonds. The Balaban J connectivity index is 2.04. The maximum Gasteiger partial charge on any atom is 0.416 e. The normalized spacial score (nSPS) is 11.6. The summed E-state index contributed by atoms with van der Waals surface area (Å²) in [5.74, 6) is 0.433. The molecule has 1 heterocycles. The molecule has 0 aliphatic carbocycles. The minimum Gasteiger partial charge on any atom is -0.338 e. The fraction of sp³-hybridized carbons (Fsp3) is 0.118.